The van der Waals surface area contributed by atoms with Crippen molar-refractivity contribution < 1.29 is 53.0 Å². The minimum Gasteiger partial charge on any atom is -0.262 e. The van der Waals surface area contributed by atoms with Crippen LogP contribution >= 0.6 is 11.6 Å². The molecule has 0 atom stereocenters. The molecular formula is C6ClF11O. The summed E-state index contributed by atoms with van der Waals surface area (Å²) in [5.74, 6) is -6.88. The van der Waals surface area contributed by atoms with Crippen molar-refractivity contribution in [2.45, 2.75) is 24.3 Å². The number of halogens is 12. The Morgan fingerprint density at radius 3 is 1.26 bits per heavy atom. The number of alkyl halides is 9. The first-order valence-corrected chi connectivity index (χ1v) is 4.05. The van der Waals surface area contributed by atoms with Crippen LogP contribution in [0.1, 0.15) is 0 Å². The lowest BCUT2D eigenvalue weighted by atomic mass is 10.3. The summed E-state index contributed by atoms with van der Waals surface area (Å²) >= 11 is 4.07. The van der Waals surface area contributed by atoms with Gasteiger partial charge in [0.1, 0.15) is 0 Å². The molecular weight excluding hydrogens is 332 g/mol. The van der Waals surface area contributed by atoms with Crippen molar-refractivity contribution >= 4 is 11.6 Å². The molecule has 19 heavy (non-hydrogen) atoms. The van der Waals surface area contributed by atoms with Crippen LogP contribution in [0.3, 0.4) is 0 Å². The molecule has 0 saturated carbocycles. The Morgan fingerprint density at radius 1 is 0.737 bits per heavy atom. The Labute approximate surface area is 101 Å². The minimum absolute atomic E-state index is 1.86. The van der Waals surface area contributed by atoms with Crippen LogP contribution in [-0.2, 0) is 4.74 Å². The highest BCUT2D eigenvalue weighted by Gasteiger charge is 2.77. The molecule has 0 aliphatic carbocycles. The molecule has 0 aliphatic rings. The summed E-state index contributed by atoms with van der Waals surface area (Å²) in [7, 11) is 0. The van der Waals surface area contributed by atoms with Gasteiger partial charge in [-0.15, -0.1) is 0 Å². The largest absolute Gasteiger partial charge is 0.458 e. The smallest absolute Gasteiger partial charge is 0.262 e. The first kappa shape index (κ1) is 18.2. The van der Waals surface area contributed by atoms with E-state index in [1.807, 2.05) is 4.74 Å². The van der Waals surface area contributed by atoms with Gasteiger partial charge in [-0.2, -0.15) is 48.3 Å². The summed E-state index contributed by atoms with van der Waals surface area (Å²) < 4.78 is 133. The van der Waals surface area contributed by atoms with E-state index < -0.39 is 35.4 Å². The maximum atomic E-state index is 12.6. The molecule has 0 rings (SSSR count). The van der Waals surface area contributed by atoms with E-state index >= 15 is 0 Å². The third-order valence-corrected chi connectivity index (χ3v) is 1.78. The van der Waals surface area contributed by atoms with Crippen molar-refractivity contribution in [3.05, 3.63) is 11.1 Å². The summed E-state index contributed by atoms with van der Waals surface area (Å²) in [5, 5.41) is -3.11. The maximum Gasteiger partial charge on any atom is 0.458 e. The van der Waals surface area contributed by atoms with Crippen LogP contribution in [0, 0.1) is 0 Å². The second-order valence-corrected chi connectivity index (χ2v) is 3.16. The zero-order valence-corrected chi connectivity index (χ0v) is 8.70. The van der Waals surface area contributed by atoms with Crippen LogP contribution in [0.25, 0.3) is 0 Å². The van der Waals surface area contributed by atoms with Gasteiger partial charge in [-0.05, 0) is 0 Å². The van der Waals surface area contributed by atoms with Crippen LogP contribution in [0.15, 0.2) is 11.1 Å². The predicted molar refractivity (Wildman–Crippen MR) is 37.1 cm³/mol. The second kappa shape index (κ2) is 4.96. The summed E-state index contributed by atoms with van der Waals surface area (Å²) in [6.07, 6.45) is -23.6. The van der Waals surface area contributed by atoms with Crippen LogP contribution < -0.4 is 0 Å². The normalized spacial score (nSPS) is 14.5. The van der Waals surface area contributed by atoms with Gasteiger partial charge in [0.05, 0.1) is 0 Å². The average Bonchev–Trinajstić information content (AvgIpc) is 2.11. The molecule has 0 bridgehead atoms. The van der Waals surface area contributed by atoms with Gasteiger partial charge in [0.25, 0.3) is 6.08 Å². The summed E-state index contributed by atoms with van der Waals surface area (Å²) in [6.45, 7) is 0. The van der Waals surface area contributed by atoms with Gasteiger partial charge in [0, 0.05) is 0 Å². The van der Waals surface area contributed by atoms with Gasteiger partial charge in [-0.1, -0.05) is 11.6 Å². The van der Waals surface area contributed by atoms with Gasteiger partial charge in [0.15, 0.2) is 5.03 Å². The van der Waals surface area contributed by atoms with Crippen molar-refractivity contribution in [3.63, 3.8) is 0 Å². The molecule has 0 saturated heterocycles. The van der Waals surface area contributed by atoms with E-state index in [4.69, 9.17) is 0 Å². The van der Waals surface area contributed by atoms with Crippen LogP contribution in [-0.4, -0.2) is 24.3 Å². The molecule has 0 aromatic carbocycles. The topological polar surface area (TPSA) is 9.23 Å². The van der Waals surface area contributed by atoms with Crippen LogP contribution in [0.4, 0.5) is 48.3 Å². The molecule has 114 valence electrons. The Hall–Kier alpha value is -0.780. The number of rotatable bonds is 3. The highest BCUT2D eigenvalue weighted by Crippen LogP contribution is 2.51. The van der Waals surface area contributed by atoms with Crippen molar-refractivity contribution in [2.24, 2.45) is 0 Å². The van der Waals surface area contributed by atoms with E-state index in [2.05, 4.69) is 11.6 Å². The molecule has 0 aromatic heterocycles. The predicted octanol–water partition coefficient (Wildman–Crippen LogP) is 4.73. The van der Waals surface area contributed by atoms with Gasteiger partial charge in [-0.25, -0.2) is 0 Å². The zero-order valence-electron chi connectivity index (χ0n) is 7.94. The minimum atomic E-state index is -7.00. The molecule has 13 heteroatoms. The fraction of sp³-hybridized carbons (Fsp3) is 0.667. The van der Waals surface area contributed by atoms with Gasteiger partial charge >= 0.3 is 24.3 Å². The third kappa shape index (κ3) is 3.61. The Morgan fingerprint density at radius 2 is 1.05 bits per heavy atom. The molecule has 0 unspecified atom stereocenters. The number of hydrogen-bond donors (Lipinski definition) is 0. The fourth-order valence-corrected chi connectivity index (χ4v) is 0.646. The number of hydrogen-bond acceptors (Lipinski definition) is 1. The van der Waals surface area contributed by atoms with E-state index in [-0.39, 0.29) is 0 Å². The lowest BCUT2D eigenvalue weighted by molar-refractivity contribution is -0.472. The van der Waals surface area contributed by atoms with Crippen molar-refractivity contribution in [2.75, 3.05) is 0 Å². The van der Waals surface area contributed by atoms with E-state index in [9.17, 15) is 48.3 Å². The van der Waals surface area contributed by atoms with E-state index in [1.54, 1.807) is 0 Å². The Bertz CT molecular complexity index is 348. The molecule has 0 heterocycles. The first-order chi connectivity index (χ1) is 8.06. The van der Waals surface area contributed by atoms with E-state index in [0.29, 0.717) is 0 Å². The molecule has 0 radical (unpaired) electrons. The molecule has 0 N–H and O–H groups in total. The monoisotopic (exact) mass is 332 g/mol. The molecule has 0 fully saturated rings. The molecule has 0 aromatic rings. The lowest BCUT2D eigenvalue weighted by Crippen LogP contribution is -2.58. The summed E-state index contributed by atoms with van der Waals surface area (Å²) in [4.78, 5) is 0. The SMILES string of the molecule is FC(F)=C(Cl)C(F)(F)OC(F)(C(F)(F)F)C(F)(F)F. The number of ether oxygens (including phenoxy) is 1. The summed E-state index contributed by atoms with van der Waals surface area (Å²) in [6, 6.07) is 0. The van der Waals surface area contributed by atoms with Crippen molar-refractivity contribution in [3.8, 4) is 0 Å². The first-order valence-electron chi connectivity index (χ1n) is 3.68. The van der Waals surface area contributed by atoms with Gasteiger partial charge in [-0.3, -0.25) is 4.74 Å². The summed E-state index contributed by atoms with van der Waals surface area (Å²) in [5.41, 5.74) is 0. The van der Waals surface area contributed by atoms with Crippen molar-refractivity contribution in [1.29, 1.82) is 0 Å². The molecule has 0 spiro atoms. The zero-order chi connectivity index (χ0) is 15.9. The van der Waals surface area contributed by atoms with Gasteiger partial charge in [0.2, 0.25) is 0 Å². The average molecular weight is 332 g/mol. The van der Waals surface area contributed by atoms with Crippen molar-refractivity contribution in [1.82, 2.24) is 0 Å². The maximum absolute atomic E-state index is 12.6. The fourth-order valence-electron chi connectivity index (χ4n) is 0.608. The second-order valence-electron chi connectivity index (χ2n) is 2.78. The third-order valence-electron chi connectivity index (χ3n) is 1.42. The van der Waals surface area contributed by atoms with Crippen LogP contribution in [0.5, 0.6) is 0 Å². The quantitative estimate of drug-likeness (QED) is 0.679. The van der Waals surface area contributed by atoms with E-state index in [1.165, 1.54) is 0 Å². The van der Waals surface area contributed by atoms with E-state index in [0.717, 1.165) is 0 Å². The Kier molecular flexibility index (Phi) is 4.76. The molecule has 1 nitrogen and oxygen atoms in total. The Balaban J connectivity index is 5.71. The molecule has 0 aliphatic heterocycles. The molecule has 0 amide bonds. The van der Waals surface area contributed by atoms with Gasteiger partial charge < -0.3 is 0 Å². The highest BCUT2D eigenvalue weighted by molar-refractivity contribution is 6.30. The van der Waals surface area contributed by atoms with Crippen LogP contribution in [0.2, 0.25) is 0 Å². The lowest BCUT2D eigenvalue weighted by Gasteiger charge is -2.32. The highest BCUT2D eigenvalue weighted by atomic mass is 35.5. The standard InChI is InChI=1S/C6ClF11O/c7-1(2(8)9)3(10,11)19-4(12,5(13,14)15)6(16,17)18.